The van der Waals surface area contributed by atoms with E-state index in [0.29, 0.717) is 0 Å². The van der Waals surface area contributed by atoms with Crippen molar-refractivity contribution < 1.29 is 0 Å². The van der Waals surface area contributed by atoms with Crippen LogP contribution in [0.4, 0.5) is 68.5 Å². The van der Waals surface area contributed by atoms with Crippen molar-refractivity contribution in [3.63, 3.8) is 0 Å². The van der Waals surface area contributed by atoms with Crippen molar-refractivity contribution in [3.05, 3.63) is 207 Å². The molecule has 2 aromatic heterocycles. The van der Waals surface area contributed by atoms with E-state index in [1.807, 2.05) is 12.4 Å². The Morgan fingerprint density at radius 3 is 1.33 bits per heavy atom. The molecule has 8 heteroatoms. The van der Waals surface area contributed by atoms with Gasteiger partial charge in [0, 0.05) is 69.3 Å². The van der Waals surface area contributed by atoms with Crippen LogP contribution in [0.1, 0.15) is 0 Å². The number of hydrogen-bond acceptors (Lipinski definition) is 6. The summed E-state index contributed by atoms with van der Waals surface area (Å²) in [6.07, 6.45) is 3.87. The third-order valence-corrected chi connectivity index (χ3v) is 12.7. The Hall–Kier alpha value is -7.83. The van der Waals surface area contributed by atoms with Gasteiger partial charge in [-0.1, -0.05) is 109 Å². The summed E-state index contributed by atoms with van der Waals surface area (Å²) in [5.41, 5.74) is 18.8. The summed E-state index contributed by atoms with van der Waals surface area (Å²) in [7, 11) is 0. The van der Waals surface area contributed by atoms with E-state index in [1.54, 1.807) is 0 Å². The zero-order valence-corrected chi connectivity index (χ0v) is 32.5. The highest BCUT2D eigenvalue weighted by atomic mass is 15.3. The molecule has 0 fully saturated rings. The molecule has 4 aliphatic rings. The van der Waals surface area contributed by atoms with Gasteiger partial charge in [0.05, 0.1) is 0 Å². The topological polar surface area (TPSA) is 38.7 Å². The first-order valence-corrected chi connectivity index (χ1v) is 20.6. The highest BCUT2D eigenvalue weighted by Gasteiger charge is 2.48. The Morgan fingerprint density at radius 1 is 0.283 bits per heavy atom. The Bertz CT molecular complexity index is 2940. The maximum atomic E-state index is 5.20. The van der Waals surface area contributed by atoms with Crippen LogP contribution in [-0.4, -0.2) is 23.4 Å². The summed E-state index contributed by atoms with van der Waals surface area (Å²) in [4.78, 5) is 20.0. The highest BCUT2D eigenvalue weighted by Crippen LogP contribution is 2.47. The lowest BCUT2D eigenvalue weighted by atomic mass is 9.30. The van der Waals surface area contributed by atoms with Gasteiger partial charge in [-0.05, 0) is 118 Å². The molecule has 0 N–H and O–H groups in total. The number of para-hydroxylation sites is 5. The Morgan fingerprint density at radius 2 is 0.733 bits per heavy atom. The number of fused-ring (bicyclic) bond motifs is 8. The fourth-order valence-corrected chi connectivity index (χ4v) is 10.4. The van der Waals surface area contributed by atoms with Crippen LogP contribution in [0.3, 0.4) is 0 Å². The second-order valence-corrected chi connectivity index (χ2v) is 15.8. The largest absolute Gasteiger partial charge is 0.311 e. The first kappa shape index (κ1) is 33.2. The maximum absolute atomic E-state index is 5.20. The van der Waals surface area contributed by atoms with Crippen LogP contribution in [0.15, 0.2) is 207 Å². The summed E-state index contributed by atoms with van der Waals surface area (Å²) in [6.45, 7) is -0.139. The lowest BCUT2D eigenvalue weighted by Gasteiger charge is -2.46. The van der Waals surface area contributed by atoms with Crippen LogP contribution in [0, 0.1) is 0 Å². The fourth-order valence-electron chi connectivity index (χ4n) is 10.4. The molecule has 9 aromatic rings. The van der Waals surface area contributed by atoms with Gasteiger partial charge in [-0.2, -0.15) is 0 Å². The summed E-state index contributed by atoms with van der Waals surface area (Å²) in [6, 6.07) is 70.3. The lowest BCUT2D eigenvalue weighted by molar-refractivity contribution is 1.12. The smallest absolute Gasteiger partial charge is 0.256 e. The highest BCUT2D eigenvalue weighted by molar-refractivity contribution is 7.03. The quantitative estimate of drug-likeness (QED) is 0.167. The predicted octanol–water partition coefficient (Wildman–Crippen LogP) is 8.64. The summed E-state index contributed by atoms with van der Waals surface area (Å²) in [5, 5.41) is 0. The Kier molecular flexibility index (Phi) is 7.10. The van der Waals surface area contributed by atoms with Crippen molar-refractivity contribution in [3.8, 4) is 0 Å². The standard InChI is InChI=1S/C52H34B2N6/c1-5-17-35(18-6-1)57-43-27-14-13-25-39(43)53-41-33-42-48(34-47(41)58(36-19-7-2-8-20-36)45-29-15-28-44(57)49(45)53)59(37-21-9-3-10-22-37)46-30-32-56-52-50(46)54(42)40-26-16-31-55-51(40)60(52)38-23-11-4-12-24-38/h1-34H. The lowest BCUT2D eigenvalue weighted by Crippen LogP contribution is -2.65. The molecule has 0 saturated heterocycles. The molecular formula is C52H34B2N6. The molecule has 0 amide bonds. The molecule has 0 unspecified atom stereocenters. The van der Waals surface area contributed by atoms with Gasteiger partial charge in [0.25, 0.3) is 13.4 Å². The van der Waals surface area contributed by atoms with E-state index < -0.39 is 0 Å². The maximum Gasteiger partial charge on any atom is 0.256 e. The molecule has 13 rings (SSSR count). The molecular weight excluding hydrogens is 730 g/mol. The van der Waals surface area contributed by atoms with Crippen LogP contribution in [-0.2, 0) is 0 Å². The van der Waals surface area contributed by atoms with Gasteiger partial charge in [0.1, 0.15) is 11.6 Å². The average molecular weight is 765 g/mol. The molecule has 0 radical (unpaired) electrons. The average Bonchev–Trinajstić information content (AvgIpc) is 3.32. The first-order valence-electron chi connectivity index (χ1n) is 20.6. The first-order chi connectivity index (χ1) is 29.8. The van der Waals surface area contributed by atoms with Crippen LogP contribution in [0.25, 0.3) is 0 Å². The minimum atomic E-state index is -0.117. The molecule has 60 heavy (non-hydrogen) atoms. The van der Waals surface area contributed by atoms with Crippen LogP contribution in [0.5, 0.6) is 0 Å². The fraction of sp³-hybridized carbons (Fsp3) is 0. The van der Waals surface area contributed by atoms with Gasteiger partial charge in [-0.25, -0.2) is 9.97 Å². The van der Waals surface area contributed by atoms with Crippen molar-refractivity contribution >= 4 is 115 Å². The second-order valence-electron chi connectivity index (χ2n) is 15.8. The van der Waals surface area contributed by atoms with Crippen molar-refractivity contribution in [2.45, 2.75) is 0 Å². The second kappa shape index (κ2) is 12.8. The van der Waals surface area contributed by atoms with Crippen molar-refractivity contribution in [1.29, 1.82) is 0 Å². The predicted molar refractivity (Wildman–Crippen MR) is 250 cm³/mol. The molecule has 0 atom stereocenters. The van der Waals surface area contributed by atoms with Gasteiger partial charge >= 0.3 is 0 Å². The minimum absolute atomic E-state index is 0.0228. The SMILES string of the molecule is c1ccc(N2c3ccccc3B3c4cc5c(cc4N(c4ccccc4)c4cccc2c43)N(c2ccccc2)c2ccnc3c2B5c2cccnc2N3c2ccccc2)cc1. The van der Waals surface area contributed by atoms with Gasteiger partial charge < -0.3 is 14.7 Å². The van der Waals surface area contributed by atoms with E-state index in [0.717, 1.165) is 51.2 Å². The van der Waals surface area contributed by atoms with Crippen LogP contribution in [0.2, 0.25) is 0 Å². The number of nitrogens with zero attached hydrogens (tertiary/aromatic N) is 6. The molecule has 4 aliphatic heterocycles. The van der Waals surface area contributed by atoms with Crippen molar-refractivity contribution in [2.24, 2.45) is 0 Å². The molecule has 278 valence electrons. The van der Waals surface area contributed by atoms with E-state index in [-0.39, 0.29) is 13.4 Å². The monoisotopic (exact) mass is 764 g/mol. The number of pyridine rings is 2. The molecule has 7 aromatic carbocycles. The third-order valence-electron chi connectivity index (χ3n) is 12.7. The number of benzene rings is 7. The van der Waals surface area contributed by atoms with E-state index >= 15 is 0 Å². The van der Waals surface area contributed by atoms with Crippen LogP contribution < -0.4 is 52.4 Å². The van der Waals surface area contributed by atoms with E-state index in [1.165, 1.54) is 50.1 Å². The molecule has 6 heterocycles. The zero-order chi connectivity index (χ0) is 39.3. The van der Waals surface area contributed by atoms with Crippen LogP contribution >= 0.6 is 0 Å². The number of rotatable bonds is 4. The molecule has 0 saturated carbocycles. The van der Waals surface area contributed by atoms with Gasteiger partial charge in [-0.15, -0.1) is 0 Å². The van der Waals surface area contributed by atoms with E-state index in [2.05, 4.69) is 214 Å². The van der Waals surface area contributed by atoms with Gasteiger partial charge in [-0.3, -0.25) is 4.90 Å². The Balaban J connectivity index is 1.14. The number of hydrogen-bond donors (Lipinski definition) is 0. The van der Waals surface area contributed by atoms with E-state index in [9.17, 15) is 0 Å². The van der Waals surface area contributed by atoms with Crippen molar-refractivity contribution in [1.82, 2.24) is 9.97 Å². The van der Waals surface area contributed by atoms with Crippen molar-refractivity contribution in [2.75, 3.05) is 19.6 Å². The van der Waals surface area contributed by atoms with E-state index in [4.69, 9.17) is 9.97 Å². The summed E-state index contributed by atoms with van der Waals surface area (Å²) < 4.78 is 0. The third kappa shape index (κ3) is 4.61. The Labute approximate surface area is 349 Å². The molecule has 0 bridgehead atoms. The van der Waals surface area contributed by atoms with Gasteiger partial charge in [0.15, 0.2) is 0 Å². The summed E-state index contributed by atoms with van der Waals surface area (Å²) in [5.74, 6) is 1.81. The minimum Gasteiger partial charge on any atom is -0.311 e. The molecule has 0 spiro atoms. The van der Waals surface area contributed by atoms with Gasteiger partial charge in [0.2, 0.25) is 0 Å². The molecule has 6 nitrogen and oxygen atoms in total. The number of aromatic nitrogens is 2. The molecule has 0 aliphatic carbocycles. The summed E-state index contributed by atoms with van der Waals surface area (Å²) >= 11 is 0. The normalized spacial score (nSPS) is 13.8. The number of anilines is 12. The zero-order valence-electron chi connectivity index (χ0n) is 32.5.